The van der Waals surface area contributed by atoms with Gasteiger partial charge >= 0.3 is 0 Å². The van der Waals surface area contributed by atoms with Crippen LogP contribution in [0.15, 0.2) is 48.9 Å². The maximum atomic E-state index is 13.7. The van der Waals surface area contributed by atoms with Gasteiger partial charge in [-0.25, -0.2) is 4.39 Å². The molecule has 3 heterocycles. The van der Waals surface area contributed by atoms with Crippen molar-refractivity contribution in [2.24, 2.45) is 0 Å². The molecule has 0 bridgehead atoms. The van der Waals surface area contributed by atoms with Crippen molar-refractivity contribution in [3.05, 3.63) is 77.1 Å². The van der Waals surface area contributed by atoms with Crippen molar-refractivity contribution < 1.29 is 14.0 Å². The number of hydrogen-bond acceptors (Lipinski definition) is 3. The zero-order chi connectivity index (χ0) is 20.7. The number of aryl methyl sites for hydroxylation is 2. The summed E-state index contributed by atoms with van der Waals surface area (Å²) in [4.78, 5) is 31.8. The van der Waals surface area contributed by atoms with Crippen LogP contribution >= 0.6 is 0 Å². The summed E-state index contributed by atoms with van der Waals surface area (Å²) in [5, 5.41) is 2.83. The molecule has 2 aromatic heterocycles. The van der Waals surface area contributed by atoms with E-state index in [1.165, 1.54) is 6.07 Å². The minimum Gasteiger partial charge on any atom is -0.338 e. The Labute approximate surface area is 168 Å². The number of nitrogens with zero attached hydrogens (tertiary/aromatic N) is 3. The smallest absolute Gasteiger partial charge is 0.275 e. The molecule has 0 saturated carbocycles. The van der Waals surface area contributed by atoms with E-state index in [0.717, 1.165) is 5.56 Å². The van der Waals surface area contributed by atoms with E-state index in [4.69, 9.17) is 0 Å². The van der Waals surface area contributed by atoms with Crippen LogP contribution in [0.25, 0.3) is 0 Å². The molecule has 0 radical (unpaired) electrons. The molecule has 4 rings (SSSR count). The molecule has 1 aliphatic rings. The van der Waals surface area contributed by atoms with Gasteiger partial charge in [0.05, 0.1) is 17.4 Å². The summed E-state index contributed by atoms with van der Waals surface area (Å²) in [6, 6.07) is 8.02. The van der Waals surface area contributed by atoms with Gasteiger partial charge in [0.2, 0.25) is 0 Å². The standard InChI is InChI=1S/C22H21FN4O2/c1-13-6-8-24-11-19(13)25-21(28)17-7-9-26-15(3)12-27(22(29)20(17)26)16-4-5-18(23)14(2)10-16/h4-11,15H,12H2,1-3H3,(H,25,28)/t15-/m0/s1. The molecule has 1 atom stereocenters. The van der Waals surface area contributed by atoms with Crippen LogP contribution in [0.4, 0.5) is 15.8 Å². The molecule has 7 heteroatoms. The van der Waals surface area contributed by atoms with Crippen molar-refractivity contribution in [1.82, 2.24) is 9.55 Å². The van der Waals surface area contributed by atoms with Gasteiger partial charge in [-0.05, 0) is 62.2 Å². The predicted octanol–water partition coefficient (Wildman–Crippen LogP) is 4.11. The molecule has 0 fully saturated rings. The molecule has 148 valence electrons. The van der Waals surface area contributed by atoms with Crippen LogP contribution in [-0.2, 0) is 0 Å². The van der Waals surface area contributed by atoms with Crippen LogP contribution in [0.5, 0.6) is 0 Å². The minimum absolute atomic E-state index is 0.0327. The fourth-order valence-electron chi connectivity index (χ4n) is 3.59. The van der Waals surface area contributed by atoms with Gasteiger partial charge in [0.1, 0.15) is 11.5 Å². The highest BCUT2D eigenvalue weighted by Gasteiger charge is 2.34. The zero-order valence-corrected chi connectivity index (χ0v) is 16.4. The lowest BCUT2D eigenvalue weighted by molar-refractivity contribution is 0.0942. The van der Waals surface area contributed by atoms with E-state index in [1.54, 1.807) is 54.7 Å². The Hall–Kier alpha value is -3.48. The molecule has 1 N–H and O–H groups in total. The van der Waals surface area contributed by atoms with E-state index in [0.29, 0.717) is 34.7 Å². The third-order valence-corrected chi connectivity index (χ3v) is 5.27. The van der Waals surface area contributed by atoms with Gasteiger partial charge in [0.25, 0.3) is 11.8 Å². The number of pyridine rings is 1. The quantitative estimate of drug-likeness (QED) is 0.729. The molecule has 1 aromatic carbocycles. The number of nitrogens with one attached hydrogen (secondary N) is 1. The Morgan fingerprint density at radius 1 is 1.21 bits per heavy atom. The molecule has 29 heavy (non-hydrogen) atoms. The molecule has 0 saturated heterocycles. The summed E-state index contributed by atoms with van der Waals surface area (Å²) in [6.45, 7) is 5.95. The van der Waals surface area contributed by atoms with Crippen molar-refractivity contribution in [2.75, 3.05) is 16.8 Å². The summed E-state index contributed by atoms with van der Waals surface area (Å²) in [5.41, 5.74) is 3.18. The first kappa shape index (κ1) is 18.9. The third kappa shape index (κ3) is 3.29. The highest BCUT2D eigenvalue weighted by Crippen LogP contribution is 2.30. The number of rotatable bonds is 3. The van der Waals surface area contributed by atoms with Crippen LogP contribution in [-0.4, -0.2) is 27.9 Å². The fraction of sp³-hybridized carbons (Fsp3) is 0.227. The molecule has 0 unspecified atom stereocenters. The molecule has 0 spiro atoms. The molecular formula is C22H21FN4O2. The van der Waals surface area contributed by atoms with Gasteiger partial charge in [-0.15, -0.1) is 0 Å². The van der Waals surface area contributed by atoms with E-state index in [2.05, 4.69) is 10.3 Å². The number of carbonyl (C=O) groups excluding carboxylic acids is 2. The van der Waals surface area contributed by atoms with Crippen LogP contribution in [0.1, 0.15) is 44.9 Å². The third-order valence-electron chi connectivity index (χ3n) is 5.27. The van der Waals surface area contributed by atoms with Gasteiger partial charge in [0.15, 0.2) is 0 Å². The summed E-state index contributed by atoms with van der Waals surface area (Å²) >= 11 is 0. The number of hydrogen-bond donors (Lipinski definition) is 1. The van der Waals surface area contributed by atoms with Crippen molar-refractivity contribution in [1.29, 1.82) is 0 Å². The Kier molecular flexibility index (Phi) is 4.66. The Bertz CT molecular complexity index is 1120. The molecule has 2 amide bonds. The number of carbonyl (C=O) groups is 2. The minimum atomic E-state index is -0.368. The number of benzene rings is 1. The monoisotopic (exact) mass is 392 g/mol. The number of aromatic nitrogens is 2. The summed E-state index contributed by atoms with van der Waals surface area (Å²) < 4.78 is 15.5. The average molecular weight is 392 g/mol. The lowest BCUT2D eigenvalue weighted by Gasteiger charge is -2.33. The van der Waals surface area contributed by atoms with Gasteiger partial charge in [-0.3, -0.25) is 14.6 Å². The Balaban J connectivity index is 1.70. The largest absolute Gasteiger partial charge is 0.338 e. The molecule has 1 aliphatic heterocycles. The van der Waals surface area contributed by atoms with E-state index in [-0.39, 0.29) is 23.7 Å². The average Bonchev–Trinajstić information content (AvgIpc) is 3.15. The molecule has 6 nitrogen and oxygen atoms in total. The Morgan fingerprint density at radius 2 is 2.00 bits per heavy atom. The second kappa shape index (κ2) is 7.16. The maximum absolute atomic E-state index is 13.7. The summed E-state index contributed by atoms with van der Waals surface area (Å²) in [6.07, 6.45) is 4.99. The zero-order valence-electron chi connectivity index (χ0n) is 16.4. The molecular weight excluding hydrogens is 371 g/mol. The van der Waals surface area contributed by atoms with Crippen LogP contribution in [0.3, 0.4) is 0 Å². The van der Waals surface area contributed by atoms with Crippen LogP contribution in [0.2, 0.25) is 0 Å². The fourth-order valence-corrected chi connectivity index (χ4v) is 3.59. The van der Waals surface area contributed by atoms with E-state index in [1.807, 2.05) is 18.4 Å². The predicted molar refractivity (Wildman–Crippen MR) is 109 cm³/mol. The highest BCUT2D eigenvalue weighted by atomic mass is 19.1. The maximum Gasteiger partial charge on any atom is 0.275 e. The number of anilines is 2. The van der Waals surface area contributed by atoms with Gasteiger partial charge in [-0.2, -0.15) is 0 Å². The van der Waals surface area contributed by atoms with Gasteiger partial charge in [-0.1, -0.05) is 0 Å². The normalized spacial score (nSPS) is 15.9. The van der Waals surface area contributed by atoms with E-state index < -0.39 is 0 Å². The van der Waals surface area contributed by atoms with E-state index in [9.17, 15) is 14.0 Å². The number of fused-ring (bicyclic) bond motifs is 1. The van der Waals surface area contributed by atoms with Crippen molar-refractivity contribution in [2.45, 2.75) is 26.8 Å². The summed E-state index contributed by atoms with van der Waals surface area (Å²) in [7, 11) is 0. The highest BCUT2D eigenvalue weighted by molar-refractivity contribution is 6.16. The molecule has 3 aromatic rings. The van der Waals surface area contributed by atoms with Gasteiger partial charge in [0, 0.05) is 30.7 Å². The van der Waals surface area contributed by atoms with Crippen LogP contribution < -0.4 is 10.2 Å². The first-order chi connectivity index (χ1) is 13.9. The first-order valence-corrected chi connectivity index (χ1v) is 9.37. The lowest BCUT2D eigenvalue weighted by atomic mass is 10.1. The summed E-state index contributed by atoms with van der Waals surface area (Å²) in [5.74, 6) is -0.971. The Morgan fingerprint density at radius 3 is 2.72 bits per heavy atom. The lowest BCUT2D eigenvalue weighted by Crippen LogP contribution is -2.43. The topological polar surface area (TPSA) is 67.2 Å². The SMILES string of the molecule is Cc1cc(N2C[C@H](C)n3ccc(C(=O)Nc4cnccc4C)c3C2=O)ccc1F. The van der Waals surface area contributed by atoms with Crippen molar-refractivity contribution in [3.63, 3.8) is 0 Å². The second-order valence-corrected chi connectivity index (χ2v) is 7.33. The van der Waals surface area contributed by atoms with Gasteiger partial charge < -0.3 is 14.8 Å². The van der Waals surface area contributed by atoms with E-state index >= 15 is 0 Å². The first-order valence-electron chi connectivity index (χ1n) is 9.37. The van der Waals surface area contributed by atoms with Crippen molar-refractivity contribution >= 4 is 23.2 Å². The number of halogens is 1. The second-order valence-electron chi connectivity index (χ2n) is 7.33. The number of amides is 2. The van der Waals surface area contributed by atoms with Crippen LogP contribution in [0, 0.1) is 19.7 Å². The molecule has 0 aliphatic carbocycles. The van der Waals surface area contributed by atoms with Crippen molar-refractivity contribution in [3.8, 4) is 0 Å².